The molecule has 1 N–H and O–H groups in total. The second-order valence-electron chi connectivity index (χ2n) is 7.77. The first-order chi connectivity index (χ1) is 15.9. The first-order valence-electron chi connectivity index (χ1n) is 10.5. The summed E-state index contributed by atoms with van der Waals surface area (Å²) >= 11 is 1.47. The summed E-state index contributed by atoms with van der Waals surface area (Å²) in [5.41, 5.74) is 5.36. The van der Waals surface area contributed by atoms with Crippen molar-refractivity contribution < 1.29 is 23.8 Å². The Balaban J connectivity index is 1.69. The molecule has 5 nitrogen and oxygen atoms in total. The van der Waals surface area contributed by atoms with Crippen LogP contribution in [0.1, 0.15) is 41.5 Å². The van der Waals surface area contributed by atoms with Crippen molar-refractivity contribution in [3.63, 3.8) is 0 Å². The van der Waals surface area contributed by atoms with E-state index >= 15 is 0 Å². The number of fused-ring (bicyclic) bond motifs is 1. The maximum atomic E-state index is 14.1. The van der Waals surface area contributed by atoms with Crippen LogP contribution in [0.4, 0.5) is 4.39 Å². The number of aromatic hydroxyl groups is 1. The van der Waals surface area contributed by atoms with Gasteiger partial charge in [-0.1, -0.05) is 6.07 Å². The van der Waals surface area contributed by atoms with Gasteiger partial charge in [0, 0.05) is 18.0 Å². The van der Waals surface area contributed by atoms with Crippen LogP contribution in [0.5, 0.6) is 17.2 Å². The van der Waals surface area contributed by atoms with Crippen LogP contribution in [0.2, 0.25) is 0 Å². The van der Waals surface area contributed by atoms with E-state index in [1.807, 2.05) is 18.4 Å². The quantitative estimate of drug-likeness (QED) is 0.447. The van der Waals surface area contributed by atoms with E-state index in [9.17, 15) is 14.3 Å². The molecule has 33 heavy (non-hydrogen) atoms. The fraction of sp³-hybridized carbons (Fsp3) is 0.231. The third kappa shape index (κ3) is 4.68. The fourth-order valence-electron chi connectivity index (χ4n) is 4.10. The summed E-state index contributed by atoms with van der Waals surface area (Å²) in [5, 5.41) is 12.9. The van der Waals surface area contributed by atoms with Crippen molar-refractivity contribution in [1.82, 2.24) is 4.98 Å². The summed E-state index contributed by atoms with van der Waals surface area (Å²) in [7, 11) is 2.95. The van der Waals surface area contributed by atoms with Gasteiger partial charge in [-0.25, -0.2) is 9.37 Å². The number of hydrogen-bond acceptors (Lipinski definition) is 6. The molecule has 0 aliphatic heterocycles. The molecule has 1 heterocycles. The zero-order chi connectivity index (χ0) is 23.5. The number of carbonyl (C=O) groups excluding carboxylic acids is 1. The van der Waals surface area contributed by atoms with E-state index in [-0.39, 0.29) is 17.3 Å². The highest BCUT2D eigenvalue weighted by atomic mass is 32.1. The van der Waals surface area contributed by atoms with Crippen LogP contribution < -0.4 is 9.47 Å². The molecule has 3 aromatic rings. The molecule has 0 saturated carbocycles. The van der Waals surface area contributed by atoms with Gasteiger partial charge in [-0.05, 0) is 77.1 Å². The van der Waals surface area contributed by atoms with Gasteiger partial charge < -0.3 is 14.6 Å². The van der Waals surface area contributed by atoms with E-state index in [4.69, 9.17) is 9.47 Å². The van der Waals surface area contributed by atoms with Crippen molar-refractivity contribution in [2.45, 2.75) is 26.2 Å². The molecule has 0 saturated heterocycles. The van der Waals surface area contributed by atoms with Gasteiger partial charge >= 0.3 is 0 Å². The second-order valence-corrected chi connectivity index (χ2v) is 8.75. The summed E-state index contributed by atoms with van der Waals surface area (Å²) in [5.74, 6) is 0.320. The lowest BCUT2D eigenvalue weighted by atomic mass is 9.99. The van der Waals surface area contributed by atoms with E-state index in [1.54, 1.807) is 24.4 Å². The highest BCUT2D eigenvalue weighted by molar-refractivity contribution is 7.09. The number of nitrogens with zero attached hydrogens (tertiary/aromatic N) is 1. The molecule has 4 rings (SSSR count). The van der Waals surface area contributed by atoms with Crippen LogP contribution >= 0.6 is 11.3 Å². The zero-order valence-corrected chi connectivity index (χ0v) is 19.5. The maximum Gasteiger partial charge on any atom is 0.200 e. The lowest BCUT2D eigenvalue weighted by Gasteiger charge is -2.11. The number of hydrogen-bond donors (Lipinski definition) is 1. The van der Waals surface area contributed by atoms with Crippen molar-refractivity contribution in [1.29, 1.82) is 0 Å². The molecule has 0 spiro atoms. The van der Waals surface area contributed by atoms with Crippen molar-refractivity contribution in [3.05, 3.63) is 75.0 Å². The summed E-state index contributed by atoms with van der Waals surface area (Å²) in [4.78, 5) is 16.7. The van der Waals surface area contributed by atoms with E-state index in [2.05, 4.69) is 4.98 Å². The Bertz CT molecular complexity index is 1240. The highest BCUT2D eigenvalue weighted by Crippen LogP contribution is 2.45. The zero-order valence-electron chi connectivity index (χ0n) is 18.6. The van der Waals surface area contributed by atoms with Crippen molar-refractivity contribution >= 4 is 34.3 Å². The third-order valence-corrected chi connectivity index (χ3v) is 6.53. The smallest absolute Gasteiger partial charge is 0.200 e. The number of rotatable bonds is 8. The first-order valence-corrected chi connectivity index (χ1v) is 11.4. The van der Waals surface area contributed by atoms with Crippen LogP contribution in [0.3, 0.4) is 0 Å². The number of methoxy groups -OCH3 is 2. The monoisotopic (exact) mass is 465 g/mol. The highest BCUT2D eigenvalue weighted by Gasteiger charge is 2.25. The Morgan fingerprint density at radius 2 is 1.88 bits per heavy atom. The molecule has 1 aromatic heterocycles. The van der Waals surface area contributed by atoms with Crippen LogP contribution in [0.15, 0.2) is 47.5 Å². The molecule has 0 fully saturated rings. The molecule has 1 aliphatic carbocycles. The number of ether oxygens (including phenoxy) is 2. The van der Waals surface area contributed by atoms with Gasteiger partial charge in [-0.3, -0.25) is 4.79 Å². The lowest BCUT2D eigenvalue weighted by Crippen LogP contribution is -2.02. The van der Waals surface area contributed by atoms with Gasteiger partial charge in [0.15, 0.2) is 11.5 Å². The molecule has 170 valence electrons. The number of phenolic OH excluding ortho intramolecular Hbond substituents is 1. The SMILES string of the molecule is COc1cc(/C=C2/C(C)=C(CCC(=O)Cc3nccs3)c3cc(F)ccc32)cc(OC)c1O. The van der Waals surface area contributed by atoms with Gasteiger partial charge in [0.05, 0.1) is 25.6 Å². The summed E-state index contributed by atoms with van der Waals surface area (Å²) in [6.45, 7) is 1.99. The topological polar surface area (TPSA) is 68.7 Å². The number of halogens is 1. The molecule has 0 bridgehead atoms. The summed E-state index contributed by atoms with van der Waals surface area (Å²) in [6.07, 6.45) is 4.85. The number of aromatic nitrogens is 1. The van der Waals surface area contributed by atoms with Gasteiger partial charge in [0.2, 0.25) is 5.75 Å². The predicted octanol–water partition coefficient (Wildman–Crippen LogP) is 5.92. The molecule has 0 unspecified atom stereocenters. The van der Waals surface area contributed by atoms with Crippen LogP contribution in [0.25, 0.3) is 17.2 Å². The van der Waals surface area contributed by atoms with Gasteiger partial charge in [0.25, 0.3) is 0 Å². The number of benzene rings is 2. The predicted molar refractivity (Wildman–Crippen MR) is 128 cm³/mol. The maximum absolute atomic E-state index is 14.1. The fourth-order valence-corrected chi connectivity index (χ4v) is 4.75. The van der Waals surface area contributed by atoms with Gasteiger partial charge in [-0.2, -0.15) is 0 Å². The minimum atomic E-state index is -0.317. The first kappa shape index (κ1) is 22.7. The van der Waals surface area contributed by atoms with E-state index < -0.39 is 0 Å². The van der Waals surface area contributed by atoms with Crippen LogP contribution in [-0.2, 0) is 11.2 Å². The number of phenols is 1. The molecule has 1 aliphatic rings. The van der Waals surface area contributed by atoms with Crippen molar-refractivity contribution in [2.75, 3.05) is 14.2 Å². The average molecular weight is 466 g/mol. The lowest BCUT2D eigenvalue weighted by molar-refractivity contribution is -0.118. The molecule has 7 heteroatoms. The Kier molecular flexibility index (Phi) is 6.60. The number of Topliss-reactive ketones (excluding diaryl/α,β-unsaturated/α-hetero) is 1. The largest absolute Gasteiger partial charge is 0.502 e. The Morgan fingerprint density at radius 3 is 2.52 bits per heavy atom. The van der Waals surface area contributed by atoms with Crippen molar-refractivity contribution in [3.8, 4) is 17.2 Å². The van der Waals surface area contributed by atoms with Crippen LogP contribution in [-0.4, -0.2) is 30.1 Å². The molecular formula is C26H24FNO4S. The average Bonchev–Trinajstić information content (AvgIpc) is 3.39. The molecule has 0 amide bonds. The molecule has 0 radical (unpaired) electrons. The van der Waals surface area contributed by atoms with Gasteiger partial charge in [-0.15, -0.1) is 11.3 Å². The van der Waals surface area contributed by atoms with Gasteiger partial charge in [0.1, 0.15) is 11.6 Å². The Hall–Kier alpha value is -3.45. The minimum Gasteiger partial charge on any atom is -0.502 e. The molecule has 0 atom stereocenters. The van der Waals surface area contributed by atoms with Crippen LogP contribution in [0, 0.1) is 5.82 Å². The third-order valence-electron chi connectivity index (χ3n) is 5.75. The van der Waals surface area contributed by atoms with Crippen molar-refractivity contribution in [2.24, 2.45) is 0 Å². The normalized spacial score (nSPS) is 14.0. The number of carbonyl (C=O) groups is 1. The molecular weight excluding hydrogens is 441 g/mol. The Labute approximate surface area is 195 Å². The molecule has 2 aromatic carbocycles. The number of ketones is 1. The van der Waals surface area contributed by atoms with E-state index in [0.717, 1.165) is 38.4 Å². The summed E-state index contributed by atoms with van der Waals surface area (Å²) < 4.78 is 24.7. The number of thiazole rings is 1. The van der Waals surface area contributed by atoms with E-state index in [1.165, 1.54) is 37.7 Å². The van der Waals surface area contributed by atoms with E-state index in [0.29, 0.717) is 30.8 Å². The Morgan fingerprint density at radius 1 is 1.15 bits per heavy atom. The minimum absolute atomic E-state index is 0.0669. The second kappa shape index (κ2) is 9.58. The summed E-state index contributed by atoms with van der Waals surface area (Å²) in [6, 6.07) is 8.17. The standard InChI is InChI=1S/C26H24FNO4S/c1-15-19(7-5-18(29)14-25-28-8-9-33-25)22-13-17(27)4-6-20(22)21(15)10-16-11-23(31-2)26(30)24(12-16)32-3/h4,6,8-13,30H,5,7,14H2,1-3H3/b21-10-. The number of allylic oxidation sites excluding steroid dienone is 3.